The first-order chi connectivity index (χ1) is 10.8. The number of fused-ring (bicyclic) bond motifs is 1. The largest absolute Gasteiger partial charge is 0.287 e. The summed E-state index contributed by atoms with van der Waals surface area (Å²) < 4.78 is 1.99. The van der Waals surface area contributed by atoms with Gasteiger partial charge < -0.3 is 0 Å². The highest BCUT2D eigenvalue weighted by atomic mass is 16.1. The number of aryl methyl sites for hydroxylation is 1. The van der Waals surface area contributed by atoms with Gasteiger partial charge in [-0.3, -0.25) is 14.6 Å². The van der Waals surface area contributed by atoms with E-state index in [1.165, 1.54) is 0 Å². The number of Topliss-reactive ketones (excluding diaryl/α,β-unsaturated/α-hetero) is 1. The van der Waals surface area contributed by atoms with Gasteiger partial charge >= 0.3 is 0 Å². The molecule has 2 aliphatic rings. The molecule has 2 aromatic heterocycles. The summed E-state index contributed by atoms with van der Waals surface area (Å²) in [5, 5.41) is 11.7. The number of hydrogen-bond donors (Lipinski definition) is 1. The molecule has 0 bridgehead atoms. The lowest BCUT2D eigenvalue weighted by molar-refractivity contribution is 0.103. The van der Waals surface area contributed by atoms with Gasteiger partial charge in [-0.05, 0) is 37.3 Å². The van der Waals surface area contributed by atoms with Crippen LogP contribution >= 0.6 is 0 Å². The number of aromatic nitrogens is 4. The van der Waals surface area contributed by atoms with E-state index in [0.29, 0.717) is 11.7 Å². The number of carbonyl (C=O) groups is 1. The summed E-state index contributed by atoms with van der Waals surface area (Å²) >= 11 is 0. The molecule has 0 fully saturated rings. The lowest BCUT2D eigenvalue weighted by atomic mass is 9.86. The second-order valence-corrected chi connectivity index (χ2v) is 5.87. The van der Waals surface area contributed by atoms with Gasteiger partial charge in [-0.2, -0.15) is 10.2 Å². The van der Waals surface area contributed by atoms with Crippen LogP contribution in [0.5, 0.6) is 0 Å². The van der Waals surface area contributed by atoms with E-state index in [1.54, 1.807) is 6.20 Å². The fraction of sp³-hybridized carbons (Fsp3) is 0.353. The van der Waals surface area contributed by atoms with Crippen LogP contribution in [0.3, 0.4) is 0 Å². The number of rotatable bonds is 4. The third-order valence-electron chi connectivity index (χ3n) is 4.66. The average Bonchev–Trinajstić information content (AvgIpc) is 3.15. The first-order valence-electron chi connectivity index (χ1n) is 7.79. The molecule has 0 radical (unpaired) electrons. The highest BCUT2D eigenvalue weighted by Crippen LogP contribution is 2.32. The van der Waals surface area contributed by atoms with Crippen LogP contribution in [0.15, 0.2) is 41.8 Å². The normalized spacial score (nSPS) is 20.0. The standard InChI is InChI=1S/C17H18N4O.H2/c1-2-11-4-6-13(11)17(22)16-14-10-12(21-9-3-8-18-21)5-7-15(14)19-20-16;/h3-4,6,8-9,12H,2,5,7,10H2,1H3,(H,19,20);1H. The predicted octanol–water partition coefficient (Wildman–Crippen LogP) is 3.04. The Kier molecular flexibility index (Phi) is 3.06. The van der Waals surface area contributed by atoms with Gasteiger partial charge in [0.1, 0.15) is 5.69 Å². The number of ketones is 1. The zero-order valence-electron chi connectivity index (χ0n) is 12.5. The van der Waals surface area contributed by atoms with E-state index >= 15 is 0 Å². The maximum absolute atomic E-state index is 12.7. The van der Waals surface area contributed by atoms with Crippen molar-refractivity contribution in [2.24, 2.45) is 0 Å². The van der Waals surface area contributed by atoms with E-state index in [2.05, 4.69) is 22.2 Å². The summed E-state index contributed by atoms with van der Waals surface area (Å²) in [7, 11) is 0. The zero-order chi connectivity index (χ0) is 15.1. The van der Waals surface area contributed by atoms with Crippen molar-refractivity contribution >= 4 is 5.78 Å². The summed E-state index contributed by atoms with van der Waals surface area (Å²) in [6.07, 6.45) is 11.3. The number of allylic oxidation sites excluding steroid dienone is 4. The lowest BCUT2D eigenvalue weighted by Gasteiger charge is -2.23. The lowest BCUT2D eigenvalue weighted by Crippen LogP contribution is -2.20. The van der Waals surface area contributed by atoms with Crippen LogP contribution in [0.25, 0.3) is 0 Å². The minimum absolute atomic E-state index is 0. The molecule has 0 amide bonds. The molecule has 0 spiro atoms. The Balaban J connectivity index is 0.00000156. The van der Waals surface area contributed by atoms with Gasteiger partial charge in [0.2, 0.25) is 5.78 Å². The highest BCUT2D eigenvalue weighted by Gasteiger charge is 2.30. The zero-order valence-corrected chi connectivity index (χ0v) is 12.5. The average molecular weight is 296 g/mol. The molecule has 114 valence electrons. The Bertz CT molecular complexity index is 786. The van der Waals surface area contributed by atoms with Crippen molar-refractivity contribution in [1.82, 2.24) is 20.0 Å². The van der Waals surface area contributed by atoms with Gasteiger partial charge in [0.15, 0.2) is 0 Å². The van der Waals surface area contributed by atoms with Gasteiger partial charge in [0, 0.05) is 30.7 Å². The first kappa shape index (κ1) is 13.2. The monoisotopic (exact) mass is 296 g/mol. The molecular formula is C17H20N4O. The van der Waals surface area contributed by atoms with E-state index in [0.717, 1.165) is 48.1 Å². The van der Waals surface area contributed by atoms with Crippen molar-refractivity contribution in [3.05, 3.63) is 58.7 Å². The van der Waals surface area contributed by atoms with Crippen molar-refractivity contribution in [3.63, 3.8) is 0 Å². The molecule has 0 aromatic carbocycles. The van der Waals surface area contributed by atoms with Gasteiger partial charge in [-0.25, -0.2) is 0 Å². The van der Waals surface area contributed by atoms with Crippen LogP contribution in [0, 0.1) is 0 Å². The minimum atomic E-state index is 0. The smallest absolute Gasteiger partial charge is 0.213 e. The highest BCUT2D eigenvalue weighted by molar-refractivity contribution is 6.12. The van der Waals surface area contributed by atoms with Gasteiger partial charge in [-0.15, -0.1) is 0 Å². The summed E-state index contributed by atoms with van der Waals surface area (Å²) in [5.41, 5.74) is 4.71. The third-order valence-corrected chi connectivity index (χ3v) is 4.66. The van der Waals surface area contributed by atoms with E-state index < -0.39 is 0 Å². The molecule has 22 heavy (non-hydrogen) atoms. The van der Waals surface area contributed by atoms with Gasteiger partial charge in [0.25, 0.3) is 0 Å². The Morgan fingerprint density at radius 2 is 2.41 bits per heavy atom. The molecule has 5 heteroatoms. The van der Waals surface area contributed by atoms with Crippen molar-refractivity contribution in [3.8, 4) is 0 Å². The van der Waals surface area contributed by atoms with Crippen LogP contribution in [-0.4, -0.2) is 25.8 Å². The molecule has 0 aliphatic heterocycles. The van der Waals surface area contributed by atoms with Gasteiger partial charge in [-0.1, -0.05) is 19.1 Å². The van der Waals surface area contributed by atoms with Crippen molar-refractivity contribution in [1.29, 1.82) is 0 Å². The molecule has 0 saturated heterocycles. The fourth-order valence-corrected chi connectivity index (χ4v) is 3.33. The van der Waals surface area contributed by atoms with E-state index in [9.17, 15) is 4.79 Å². The molecule has 2 aromatic rings. The van der Waals surface area contributed by atoms with Crippen molar-refractivity contribution < 1.29 is 6.22 Å². The molecule has 2 aliphatic carbocycles. The number of aromatic amines is 1. The second kappa shape index (κ2) is 5.09. The molecule has 2 heterocycles. The van der Waals surface area contributed by atoms with Crippen LogP contribution in [0.2, 0.25) is 0 Å². The molecule has 1 atom stereocenters. The summed E-state index contributed by atoms with van der Waals surface area (Å²) in [6, 6.07) is 2.25. The molecule has 0 saturated carbocycles. The van der Waals surface area contributed by atoms with E-state index in [1.807, 2.05) is 29.1 Å². The van der Waals surface area contributed by atoms with Crippen LogP contribution in [0.4, 0.5) is 0 Å². The topological polar surface area (TPSA) is 63.6 Å². The molecule has 1 N–H and O–H groups in total. The number of H-pyrrole nitrogens is 1. The number of hydrogen-bond acceptors (Lipinski definition) is 3. The Labute approximate surface area is 130 Å². The van der Waals surface area contributed by atoms with Crippen molar-refractivity contribution in [2.45, 2.75) is 38.6 Å². The number of carbonyl (C=O) groups excluding carboxylic acids is 1. The second-order valence-electron chi connectivity index (χ2n) is 5.87. The summed E-state index contributed by atoms with van der Waals surface area (Å²) in [4.78, 5) is 12.7. The number of nitrogens with zero attached hydrogens (tertiary/aromatic N) is 3. The number of nitrogens with one attached hydrogen (secondary N) is 1. The van der Waals surface area contributed by atoms with Gasteiger partial charge in [0.05, 0.1) is 6.04 Å². The SMILES string of the molecule is CCC1=C(C(=O)c2n[nH]c3c2CC(n2cccn2)CC3)C=C1.[HH]. The molecule has 4 rings (SSSR count). The maximum atomic E-state index is 12.7. The molecule has 5 nitrogen and oxygen atoms in total. The Morgan fingerprint density at radius 3 is 3.09 bits per heavy atom. The summed E-state index contributed by atoms with van der Waals surface area (Å²) in [6.45, 7) is 2.07. The van der Waals surface area contributed by atoms with Crippen LogP contribution in [-0.2, 0) is 12.8 Å². The maximum Gasteiger partial charge on any atom is 0.213 e. The van der Waals surface area contributed by atoms with Crippen molar-refractivity contribution in [2.75, 3.05) is 0 Å². The predicted molar refractivity (Wildman–Crippen MR) is 84.8 cm³/mol. The minimum Gasteiger partial charge on any atom is -0.287 e. The first-order valence-corrected chi connectivity index (χ1v) is 7.79. The molecule has 1 unspecified atom stereocenters. The summed E-state index contributed by atoms with van der Waals surface area (Å²) in [5.74, 6) is 0.0537. The van der Waals surface area contributed by atoms with Crippen LogP contribution in [0.1, 0.15) is 49.0 Å². The third kappa shape index (κ3) is 1.96. The molecular weight excluding hydrogens is 276 g/mol. The Hall–Kier alpha value is -2.43. The fourth-order valence-electron chi connectivity index (χ4n) is 3.33. The quantitative estimate of drug-likeness (QED) is 0.882. The van der Waals surface area contributed by atoms with E-state index in [-0.39, 0.29) is 7.21 Å². The van der Waals surface area contributed by atoms with Crippen LogP contribution < -0.4 is 0 Å². The van der Waals surface area contributed by atoms with E-state index in [4.69, 9.17) is 0 Å². The Morgan fingerprint density at radius 1 is 1.50 bits per heavy atom.